The van der Waals surface area contributed by atoms with Crippen molar-refractivity contribution in [3.63, 3.8) is 0 Å². The Morgan fingerprint density at radius 3 is 2.58 bits per heavy atom. The number of rotatable bonds is 3. The van der Waals surface area contributed by atoms with E-state index in [0.717, 1.165) is 47.4 Å². The Kier molecular flexibility index (Phi) is 3.68. The Morgan fingerprint density at radius 2 is 1.83 bits per heavy atom. The van der Waals surface area contributed by atoms with Gasteiger partial charge in [0.1, 0.15) is 5.75 Å². The molecule has 2 aromatic carbocycles. The van der Waals surface area contributed by atoms with Crippen molar-refractivity contribution >= 4 is 10.9 Å². The monoisotopic (exact) mass is 325 g/mol. The third kappa shape index (κ3) is 2.52. The first kappa shape index (κ1) is 15.1. The molecule has 1 aliphatic carbocycles. The fourth-order valence-electron chi connectivity index (χ4n) is 3.04. The van der Waals surface area contributed by atoms with Crippen LogP contribution >= 0.6 is 0 Å². The summed E-state index contributed by atoms with van der Waals surface area (Å²) in [6, 6.07) is 10.1. The van der Waals surface area contributed by atoms with Gasteiger partial charge in [0.05, 0.1) is 11.6 Å². The number of hydrogen-bond donors (Lipinski definition) is 0. The summed E-state index contributed by atoms with van der Waals surface area (Å²) < 4.78 is 33.6. The van der Waals surface area contributed by atoms with Gasteiger partial charge in [0.15, 0.2) is 11.6 Å². The molecular weight excluding hydrogens is 308 g/mol. The van der Waals surface area contributed by atoms with Gasteiger partial charge in [-0.05, 0) is 43.9 Å². The molecule has 4 heteroatoms. The van der Waals surface area contributed by atoms with E-state index in [1.165, 1.54) is 6.07 Å². The van der Waals surface area contributed by atoms with Gasteiger partial charge in [0, 0.05) is 28.8 Å². The van der Waals surface area contributed by atoms with Gasteiger partial charge in [-0.1, -0.05) is 18.2 Å². The van der Waals surface area contributed by atoms with Crippen molar-refractivity contribution in [3.8, 4) is 16.9 Å². The highest BCUT2D eigenvalue weighted by Crippen LogP contribution is 2.38. The van der Waals surface area contributed by atoms with Gasteiger partial charge in [-0.3, -0.25) is 4.98 Å². The van der Waals surface area contributed by atoms with Gasteiger partial charge in [0.2, 0.25) is 0 Å². The Bertz CT molecular complexity index is 919. The second-order valence-electron chi connectivity index (χ2n) is 6.26. The molecule has 0 atom stereocenters. The molecule has 0 N–H and O–H groups in total. The highest BCUT2D eigenvalue weighted by molar-refractivity contribution is 5.96. The summed E-state index contributed by atoms with van der Waals surface area (Å²) in [5, 5.41) is 0.995. The van der Waals surface area contributed by atoms with E-state index in [0.29, 0.717) is 11.3 Å². The first-order chi connectivity index (χ1) is 11.6. The summed E-state index contributed by atoms with van der Waals surface area (Å²) in [7, 11) is 0. The van der Waals surface area contributed by atoms with Crippen LogP contribution < -0.4 is 4.74 Å². The van der Waals surface area contributed by atoms with Crippen molar-refractivity contribution in [1.29, 1.82) is 0 Å². The lowest BCUT2D eigenvalue weighted by molar-refractivity contribution is 0.120. The third-order valence-corrected chi connectivity index (χ3v) is 4.65. The highest BCUT2D eigenvalue weighted by Gasteiger charge is 2.23. The summed E-state index contributed by atoms with van der Waals surface area (Å²) in [6.07, 6.45) is 4.80. The number of pyridine rings is 1. The number of fused-ring (bicyclic) bond motifs is 1. The maximum absolute atomic E-state index is 13.9. The van der Waals surface area contributed by atoms with E-state index in [4.69, 9.17) is 4.74 Å². The van der Waals surface area contributed by atoms with E-state index in [9.17, 15) is 8.78 Å². The third-order valence-electron chi connectivity index (χ3n) is 4.65. The first-order valence-electron chi connectivity index (χ1n) is 8.14. The molecule has 0 aliphatic heterocycles. The number of aryl methyl sites for hydroxylation is 1. The SMILES string of the molecule is Cc1ccc(-c2cc(F)c(F)cc2OC2CCC2)c2ncccc12. The van der Waals surface area contributed by atoms with Crippen LogP contribution in [-0.2, 0) is 0 Å². The fourth-order valence-corrected chi connectivity index (χ4v) is 3.04. The summed E-state index contributed by atoms with van der Waals surface area (Å²) >= 11 is 0. The molecule has 2 nitrogen and oxygen atoms in total. The van der Waals surface area contributed by atoms with Crippen molar-refractivity contribution in [2.24, 2.45) is 0 Å². The topological polar surface area (TPSA) is 22.1 Å². The quantitative estimate of drug-likeness (QED) is 0.641. The second-order valence-corrected chi connectivity index (χ2v) is 6.26. The number of hydrogen-bond acceptors (Lipinski definition) is 2. The van der Waals surface area contributed by atoms with Crippen molar-refractivity contribution in [2.75, 3.05) is 0 Å². The minimum absolute atomic E-state index is 0.0817. The zero-order chi connectivity index (χ0) is 16.7. The lowest BCUT2D eigenvalue weighted by Crippen LogP contribution is -2.24. The van der Waals surface area contributed by atoms with Crippen molar-refractivity contribution in [2.45, 2.75) is 32.3 Å². The molecule has 122 valence electrons. The lowest BCUT2D eigenvalue weighted by atomic mass is 9.95. The summed E-state index contributed by atoms with van der Waals surface area (Å²) in [6.45, 7) is 2.00. The minimum atomic E-state index is -0.891. The molecule has 1 aromatic heterocycles. The molecule has 0 spiro atoms. The van der Waals surface area contributed by atoms with Crippen LogP contribution in [0.4, 0.5) is 8.78 Å². The molecule has 3 aromatic rings. The number of halogens is 2. The maximum atomic E-state index is 13.9. The van der Waals surface area contributed by atoms with Gasteiger partial charge in [-0.25, -0.2) is 8.78 Å². The fraction of sp³-hybridized carbons (Fsp3) is 0.250. The smallest absolute Gasteiger partial charge is 0.162 e. The first-order valence-corrected chi connectivity index (χ1v) is 8.14. The van der Waals surface area contributed by atoms with E-state index < -0.39 is 11.6 Å². The molecule has 1 saturated carbocycles. The Labute approximate surface area is 139 Å². The Balaban J connectivity index is 1.92. The summed E-state index contributed by atoms with van der Waals surface area (Å²) in [5.41, 5.74) is 3.15. The van der Waals surface area contributed by atoms with Gasteiger partial charge in [0.25, 0.3) is 0 Å². The molecular formula is C20H17F2NO. The largest absolute Gasteiger partial charge is 0.490 e. The molecule has 0 unspecified atom stereocenters. The molecule has 0 radical (unpaired) electrons. The van der Waals surface area contributed by atoms with Crippen LogP contribution in [0.5, 0.6) is 5.75 Å². The number of aromatic nitrogens is 1. The summed E-state index contributed by atoms with van der Waals surface area (Å²) in [4.78, 5) is 4.45. The van der Waals surface area contributed by atoms with E-state index in [1.54, 1.807) is 6.20 Å². The molecule has 1 aliphatic rings. The Hall–Kier alpha value is -2.49. The Morgan fingerprint density at radius 1 is 1.04 bits per heavy atom. The number of nitrogens with zero attached hydrogens (tertiary/aromatic N) is 1. The van der Waals surface area contributed by atoms with Crippen molar-refractivity contribution in [3.05, 3.63) is 59.8 Å². The average Bonchev–Trinajstić information content (AvgIpc) is 2.55. The molecule has 0 bridgehead atoms. The van der Waals surface area contributed by atoms with Crippen molar-refractivity contribution < 1.29 is 13.5 Å². The van der Waals surface area contributed by atoms with E-state index in [2.05, 4.69) is 4.98 Å². The van der Waals surface area contributed by atoms with Crippen LogP contribution in [-0.4, -0.2) is 11.1 Å². The zero-order valence-electron chi connectivity index (χ0n) is 13.4. The van der Waals surface area contributed by atoms with Gasteiger partial charge in [-0.15, -0.1) is 0 Å². The molecule has 1 heterocycles. The highest BCUT2D eigenvalue weighted by atomic mass is 19.2. The van der Waals surface area contributed by atoms with Crippen LogP contribution in [0.15, 0.2) is 42.6 Å². The minimum Gasteiger partial charge on any atom is -0.490 e. The normalized spacial score (nSPS) is 14.6. The number of benzene rings is 2. The van der Waals surface area contributed by atoms with Crippen LogP contribution in [0.3, 0.4) is 0 Å². The van der Waals surface area contributed by atoms with Crippen LogP contribution in [0, 0.1) is 18.6 Å². The van der Waals surface area contributed by atoms with Gasteiger partial charge < -0.3 is 4.74 Å². The molecule has 24 heavy (non-hydrogen) atoms. The molecule has 0 amide bonds. The second kappa shape index (κ2) is 5.86. The van der Waals surface area contributed by atoms with Crippen LogP contribution in [0.25, 0.3) is 22.0 Å². The van der Waals surface area contributed by atoms with Gasteiger partial charge >= 0.3 is 0 Å². The van der Waals surface area contributed by atoms with E-state index in [-0.39, 0.29) is 6.10 Å². The van der Waals surface area contributed by atoms with Gasteiger partial charge in [-0.2, -0.15) is 0 Å². The number of ether oxygens (including phenoxy) is 1. The standard InChI is InChI=1S/C20H17F2NO/c1-12-7-8-15(20-14(12)6-3-9-23-20)16-10-17(21)18(22)11-19(16)24-13-4-2-5-13/h3,6-11,13H,2,4-5H2,1H3. The molecule has 0 saturated heterocycles. The average molecular weight is 325 g/mol. The maximum Gasteiger partial charge on any atom is 0.162 e. The van der Waals surface area contributed by atoms with E-state index in [1.807, 2.05) is 31.2 Å². The predicted octanol–water partition coefficient (Wildman–Crippen LogP) is 5.42. The van der Waals surface area contributed by atoms with Crippen molar-refractivity contribution in [1.82, 2.24) is 4.98 Å². The van der Waals surface area contributed by atoms with Crippen LogP contribution in [0.1, 0.15) is 24.8 Å². The predicted molar refractivity (Wildman–Crippen MR) is 90.1 cm³/mol. The molecule has 4 rings (SSSR count). The van der Waals surface area contributed by atoms with Crippen LogP contribution in [0.2, 0.25) is 0 Å². The van der Waals surface area contributed by atoms with E-state index >= 15 is 0 Å². The zero-order valence-corrected chi connectivity index (χ0v) is 13.4. The summed E-state index contributed by atoms with van der Waals surface area (Å²) in [5.74, 6) is -1.39. The molecule has 1 fully saturated rings. The lowest BCUT2D eigenvalue weighted by Gasteiger charge is -2.27.